The van der Waals surface area contributed by atoms with Crippen molar-refractivity contribution in [2.45, 2.75) is 40.2 Å². The van der Waals surface area contributed by atoms with Crippen LogP contribution >= 0.6 is 0 Å². The first-order chi connectivity index (χ1) is 8.81. The molecule has 0 spiro atoms. The van der Waals surface area contributed by atoms with E-state index < -0.39 is 0 Å². The number of aliphatic hydroxyl groups is 1. The Bertz CT molecular complexity index is 494. The van der Waals surface area contributed by atoms with Crippen LogP contribution in [0, 0.1) is 19.3 Å². The molecule has 0 bridgehead atoms. The SMILES string of the molecule is Cc1ccc(C(=O)N2CCC(O)C(C)(C)C2)cc1C. The van der Waals surface area contributed by atoms with E-state index in [9.17, 15) is 9.90 Å². The second-order valence-electron chi connectivity index (χ2n) is 6.32. The number of benzene rings is 1. The molecule has 2 rings (SSSR count). The first-order valence-corrected chi connectivity index (χ1v) is 6.86. The van der Waals surface area contributed by atoms with Gasteiger partial charge in [0.25, 0.3) is 5.91 Å². The number of amides is 1. The summed E-state index contributed by atoms with van der Waals surface area (Å²) in [6, 6.07) is 5.84. The molecule has 1 aromatic rings. The van der Waals surface area contributed by atoms with Crippen LogP contribution in [-0.4, -0.2) is 35.1 Å². The number of carbonyl (C=O) groups excluding carboxylic acids is 1. The third kappa shape index (κ3) is 2.81. The van der Waals surface area contributed by atoms with Gasteiger partial charge < -0.3 is 10.0 Å². The third-order valence-electron chi connectivity index (χ3n) is 4.21. The van der Waals surface area contributed by atoms with Crippen molar-refractivity contribution in [3.05, 3.63) is 34.9 Å². The lowest BCUT2D eigenvalue weighted by Crippen LogP contribution is -2.50. The minimum absolute atomic E-state index is 0.0723. The van der Waals surface area contributed by atoms with Crippen LogP contribution in [0.4, 0.5) is 0 Å². The molecule has 1 aromatic carbocycles. The number of rotatable bonds is 1. The van der Waals surface area contributed by atoms with E-state index in [4.69, 9.17) is 0 Å². The van der Waals surface area contributed by atoms with Crippen molar-refractivity contribution >= 4 is 5.91 Å². The Balaban J connectivity index is 2.18. The zero-order valence-electron chi connectivity index (χ0n) is 12.2. The fraction of sp³-hybridized carbons (Fsp3) is 0.562. The normalized spacial score (nSPS) is 22.4. The van der Waals surface area contributed by atoms with Gasteiger partial charge in [0.1, 0.15) is 0 Å². The molecular weight excluding hydrogens is 238 g/mol. The molecule has 3 heteroatoms. The maximum atomic E-state index is 12.5. The first kappa shape index (κ1) is 14.1. The fourth-order valence-electron chi connectivity index (χ4n) is 2.58. The average Bonchev–Trinajstić information content (AvgIpc) is 2.35. The Morgan fingerprint density at radius 3 is 2.58 bits per heavy atom. The van der Waals surface area contributed by atoms with Crippen molar-refractivity contribution in [3.63, 3.8) is 0 Å². The number of hydrogen-bond acceptors (Lipinski definition) is 2. The lowest BCUT2D eigenvalue weighted by atomic mass is 9.81. The molecule has 0 aromatic heterocycles. The molecule has 1 aliphatic heterocycles. The van der Waals surface area contributed by atoms with Gasteiger partial charge >= 0.3 is 0 Å². The van der Waals surface area contributed by atoms with Gasteiger partial charge in [-0.15, -0.1) is 0 Å². The van der Waals surface area contributed by atoms with Crippen molar-refractivity contribution in [3.8, 4) is 0 Å². The molecule has 1 heterocycles. The van der Waals surface area contributed by atoms with Crippen LogP contribution in [0.25, 0.3) is 0 Å². The van der Waals surface area contributed by atoms with Gasteiger partial charge in [-0.2, -0.15) is 0 Å². The molecule has 1 aliphatic rings. The molecule has 1 fully saturated rings. The van der Waals surface area contributed by atoms with Gasteiger partial charge in [-0.25, -0.2) is 0 Å². The van der Waals surface area contributed by atoms with Crippen molar-refractivity contribution < 1.29 is 9.90 Å². The minimum atomic E-state index is -0.323. The molecule has 0 radical (unpaired) electrons. The Labute approximate surface area is 115 Å². The third-order valence-corrected chi connectivity index (χ3v) is 4.21. The summed E-state index contributed by atoms with van der Waals surface area (Å²) in [5, 5.41) is 9.95. The average molecular weight is 261 g/mol. The summed E-state index contributed by atoms with van der Waals surface area (Å²) in [5.41, 5.74) is 2.86. The van der Waals surface area contributed by atoms with E-state index in [1.807, 2.05) is 50.8 Å². The van der Waals surface area contributed by atoms with Crippen LogP contribution < -0.4 is 0 Å². The van der Waals surface area contributed by atoms with Gasteiger partial charge in [0.05, 0.1) is 6.10 Å². The molecule has 3 nitrogen and oxygen atoms in total. The van der Waals surface area contributed by atoms with Gasteiger partial charge in [-0.1, -0.05) is 19.9 Å². The van der Waals surface area contributed by atoms with Gasteiger partial charge in [-0.3, -0.25) is 4.79 Å². The second kappa shape index (κ2) is 4.97. The summed E-state index contributed by atoms with van der Waals surface area (Å²) < 4.78 is 0. The molecule has 1 unspecified atom stereocenters. The highest BCUT2D eigenvalue weighted by Crippen LogP contribution is 2.30. The van der Waals surface area contributed by atoms with Crippen LogP contribution in [-0.2, 0) is 0 Å². The summed E-state index contributed by atoms with van der Waals surface area (Å²) in [5.74, 6) is 0.0723. The van der Waals surface area contributed by atoms with Gasteiger partial charge in [0, 0.05) is 24.1 Å². The predicted octanol–water partition coefficient (Wildman–Crippen LogP) is 2.54. The highest BCUT2D eigenvalue weighted by molar-refractivity contribution is 5.94. The van der Waals surface area contributed by atoms with Crippen molar-refractivity contribution in [2.75, 3.05) is 13.1 Å². The Morgan fingerprint density at radius 2 is 2.00 bits per heavy atom. The summed E-state index contributed by atoms with van der Waals surface area (Å²) >= 11 is 0. The maximum absolute atomic E-state index is 12.5. The largest absolute Gasteiger partial charge is 0.392 e. The number of nitrogens with zero attached hydrogens (tertiary/aromatic N) is 1. The van der Waals surface area contributed by atoms with Crippen molar-refractivity contribution in [2.24, 2.45) is 5.41 Å². The predicted molar refractivity (Wildman–Crippen MR) is 76.2 cm³/mol. The van der Waals surface area contributed by atoms with Gasteiger partial charge in [0.15, 0.2) is 0 Å². The molecule has 104 valence electrons. The molecule has 1 amide bonds. The molecule has 0 aliphatic carbocycles. The van der Waals surface area contributed by atoms with Gasteiger partial charge in [0.2, 0.25) is 0 Å². The van der Waals surface area contributed by atoms with Crippen LogP contribution in [0.1, 0.15) is 41.8 Å². The van der Waals surface area contributed by atoms with E-state index in [2.05, 4.69) is 0 Å². The smallest absolute Gasteiger partial charge is 0.253 e. The summed E-state index contributed by atoms with van der Waals surface area (Å²) in [6.07, 6.45) is 0.333. The number of hydrogen-bond donors (Lipinski definition) is 1. The topological polar surface area (TPSA) is 40.5 Å². The van der Waals surface area contributed by atoms with E-state index in [0.29, 0.717) is 19.5 Å². The van der Waals surface area contributed by atoms with Crippen LogP contribution in [0.15, 0.2) is 18.2 Å². The zero-order valence-corrected chi connectivity index (χ0v) is 12.2. The summed E-state index contributed by atoms with van der Waals surface area (Å²) in [7, 11) is 0. The Morgan fingerprint density at radius 1 is 1.32 bits per heavy atom. The summed E-state index contributed by atoms with van der Waals surface area (Å²) in [6.45, 7) is 9.34. The molecular formula is C16H23NO2. The van der Waals surface area contributed by atoms with Crippen LogP contribution in [0.3, 0.4) is 0 Å². The van der Waals surface area contributed by atoms with E-state index in [1.165, 1.54) is 5.56 Å². The minimum Gasteiger partial charge on any atom is -0.392 e. The molecule has 1 atom stereocenters. The van der Waals surface area contributed by atoms with E-state index in [1.54, 1.807) is 0 Å². The highest BCUT2D eigenvalue weighted by Gasteiger charge is 2.36. The highest BCUT2D eigenvalue weighted by atomic mass is 16.3. The Hall–Kier alpha value is -1.35. The van der Waals surface area contributed by atoms with Crippen LogP contribution in [0.2, 0.25) is 0 Å². The van der Waals surface area contributed by atoms with E-state index in [-0.39, 0.29) is 17.4 Å². The first-order valence-electron chi connectivity index (χ1n) is 6.86. The monoisotopic (exact) mass is 261 g/mol. The standard InChI is InChI=1S/C16H23NO2/c1-11-5-6-13(9-12(11)2)15(19)17-8-7-14(18)16(3,4)10-17/h5-6,9,14,18H,7-8,10H2,1-4H3. The lowest BCUT2D eigenvalue weighted by molar-refractivity contribution is -0.0182. The van der Waals surface area contributed by atoms with Crippen LogP contribution in [0.5, 0.6) is 0 Å². The summed E-state index contributed by atoms with van der Waals surface area (Å²) in [4.78, 5) is 14.4. The number of aliphatic hydroxyl groups excluding tert-OH is 1. The fourth-order valence-corrected chi connectivity index (χ4v) is 2.58. The molecule has 1 saturated heterocycles. The maximum Gasteiger partial charge on any atom is 0.253 e. The Kier molecular flexibility index (Phi) is 3.68. The molecule has 1 N–H and O–H groups in total. The zero-order chi connectivity index (χ0) is 14.2. The van der Waals surface area contributed by atoms with Crippen molar-refractivity contribution in [1.82, 2.24) is 4.90 Å². The molecule has 0 saturated carbocycles. The second-order valence-corrected chi connectivity index (χ2v) is 6.32. The van der Waals surface area contributed by atoms with E-state index in [0.717, 1.165) is 11.1 Å². The number of carbonyl (C=O) groups is 1. The number of likely N-dealkylation sites (tertiary alicyclic amines) is 1. The molecule has 19 heavy (non-hydrogen) atoms. The number of aryl methyl sites for hydroxylation is 2. The lowest BCUT2D eigenvalue weighted by Gasteiger charge is -2.41. The van der Waals surface area contributed by atoms with Gasteiger partial charge in [-0.05, 0) is 43.5 Å². The van der Waals surface area contributed by atoms with E-state index >= 15 is 0 Å². The number of piperidine rings is 1. The quantitative estimate of drug-likeness (QED) is 0.844. The van der Waals surface area contributed by atoms with Crippen molar-refractivity contribution in [1.29, 1.82) is 0 Å².